The maximum Gasteiger partial charge on any atom is 0.178 e. The molecule has 1 aromatic carbocycles. The van der Waals surface area contributed by atoms with E-state index in [2.05, 4.69) is 18.8 Å². The van der Waals surface area contributed by atoms with Crippen LogP contribution < -0.4 is 4.74 Å². The maximum absolute atomic E-state index is 13.6. The van der Waals surface area contributed by atoms with Crippen LogP contribution in [-0.4, -0.2) is 34.0 Å². The quantitative estimate of drug-likeness (QED) is 0.287. The fourth-order valence-electron chi connectivity index (χ4n) is 3.76. The smallest absolute Gasteiger partial charge is 0.178 e. The molecule has 0 saturated carbocycles. The van der Waals surface area contributed by atoms with Crippen molar-refractivity contribution in [3.8, 4) is 5.75 Å². The van der Waals surface area contributed by atoms with Crippen molar-refractivity contribution in [1.82, 2.24) is 9.55 Å². The molecule has 0 unspecified atom stereocenters. The first-order valence-corrected chi connectivity index (χ1v) is 12.2. The van der Waals surface area contributed by atoms with Crippen LogP contribution in [0.15, 0.2) is 36.3 Å². The third-order valence-corrected chi connectivity index (χ3v) is 5.57. The van der Waals surface area contributed by atoms with Crippen molar-refractivity contribution in [2.75, 3.05) is 7.11 Å². The van der Waals surface area contributed by atoms with E-state index in [1.54, 1.807) is 30.1 Å². The van der Waals surface area contributed by atoms with Gasteiger partial charge < -0.3 is 14.1 Å². The molecule has 0 saturated heterocycles. The van der Waals surface area contributed by atoms with Gasteiger partial charge in [0, 0.05) is 31.0 Å². The summed E-state index contributed by atoms with van der Waals surface area (Å²) < 4.78 is 20.1. The number of hydrogen-bond acceptors (Lipinski definition) is 5. The molecule has 0 amide bonds. The summed E-state index contributed by atoms with van der Waals surface area (Å²) in [6.07, 6.45) is 11.0. The van der Waals surface area contributed by atoms with Crippen LogP contribution in [0.3, 0.4) is 0 Å². The molecule has 0 aliphatic rings. The van der Waals surface area contributed by atoms with Crippen LogP contribution in [0, 0.1) is 11.7 Å². The van der Waals surface area contributed by atoms with E-state index >= 15 is 0 Å². The summed E-state index contributed by atoms with van der Waals surface area (Å²) in [7, 11) is 1.41. The zero-order chi connectivity index (χ0) is 26.4. The predicted octanol–water partition coefficient (Wildman–Crippen LogP) is 6.94. The summed E-state index contributed by atoms with van der Waals surface area (Å²) in [5.74, 6) is -0.0441. The minimum absolute atomic E-state index is 0.00436. The number of aromatic nitrogens is 2. The summed E-state index contributed by atoms with van der Waals surface area (Å²) in [5.41, 5.74) is 2.16. The third kappa shape index (κ3) is 10.4. The molecule has 0 aliphatic carbocycles. The van der Waals surface area contributed by atoms with E-state index in [0.717, 1.165) is 44.1 Å². The van der Waals surface area contributed by atoms with Gasteiger partial charge in [-0.2, -0.15) is 0 Å². The Balaban J connectivity index is 0.000000351. The van der Waals surface area contributed by atoms with E-state index in [0.29, 0.717) is 17.7 Å². The number of rotatable bonds is 13. The van der Waals surface area contributed by atoms with Gasteiger partial charge in [-0.05, 0) is 57.7 Å². The van der Waals surface area contributed by atoms with E-state index in [1.165, 1.54) is 26.2 Å². The summed E-state index contributed by atoms with van der Waals surface area (Å²) >= 11 is 0. The first-order chi connectivity index (χ1) is 16.6. The van der Waals surface area contributed by atoms with Gasteiger partial charge in [0.15, 0.2) is 23.1 Å². The molecule has 1 heterocycles. The summed E-state index contributed by atoms with van der Waals surface area (Å²) in [6.45, 7) is 9.23. The predicted molar refractivity (Wildman–Crippen MR) is 137 cm³/mol. The van der Waals surface area contributed by atoms with Gasteiger partial charge in [-0.3, -0.25) is 9.59 Å². The second-order valence-corrected chi connectivity index (χ2v) is 8.76. The molecule has 0 fully saturated rings. The molecule has 6 nitrogen and oxygen atoms in total. The van der Waals surface area contributed by atoms with Gasteiger partial charge in [0.05, 0.1) is 19.6 Å². The lowest BCUT2D eigenvalue weighted by Gasteiger charge is -2.14. The Hall–Kier alpha value is -3.09. The molecule has 0 bridgehead atoms. The van der Waals surface area contributed by atoms with Gasteiger partial charge >= 0.3 is 0 Å². The van der Waals surface area contributed by atoms with Gasteiger partial charge in [-0.15, -0.1) is 0 Å². The third-order valence-electron chi connectivity index (χ3n) is 5.57. The van der Waals surface area contributed by atoms with E-state index in [4.69, 9.17) is 4.74 Å². The Kier molecular flexibility index (Phi) is 13.5. The Morgan fingerprint density at radius 3 is 2.26 bits per heavy atom. The van der Waals surface area contributed by atoms with Crippen LogP contribution >= 0.6 is 0 Å². The van der Waals surface area contributed by atoms with Crippen molar-refractivity contribution in [1.29, 1.82) is 0 Å². The monoisotopic (exact) mass is 486 g/mol. The molecule has 0 atom stereocenters. The molecule has 35 heavy (non-hydrogen) atoms. The molecular formula is C28H39FN2O4. The number of ketones is 3. The highest BCUT2D eigenvalue weighted by Gasteiger charge is 2.19. The minimum atomic E-state index is -0.477. The maximum atomic E-state index is 13.6. The van der Waals surface area contributed by atoms with Crippen LogP contribution in [0.2, 0.25) is 0 Å². The number of methoxy groups -OCH3 is 1. The number of ether oxygens (including phenoxy) is 1. The van der Waals surface area contributed by atoms with Gasteiger partial charge in [-0.1, -0.05) is 32.3 Å². The van der Waals surface area contributed by atoms with Crippen LogP contribution in [0.1, 0.15) is 100 Å². The Morgan fingerprint density at radius 1 is 1.09 bits per heavy atom. The number of Topliss-reactive ketones (excluding diaryl/α,β-unsaturated/α-hetero) is 3. The highest BCUT2D eigenvalue weighted by atomic mass is 19.1. The molecule has 0 spiro atoms. The molecule has 7 heteroatoms. The van der Waals surface area contributed by atoms with Crippen LogP contribution in [0.5, 0.6) is 5.75 Å². The molecule has 192 valence electrons. The van der Waals surface area contributed by atoms with Gasteiger partial charge in [0.25, 0.3) is 0 Å². The van der Waals surface area contributed by atoms with Crippen molar-refractivity contribution >= 4 is 23.5 Å². The normalized spacial score (nSPS) is 11.1. The van der Waals surface area contributed by atoms with Crippen LogP contribution in [0.4, 0.5) is 4.39 Å². The topological polar surface area (TPSA) is 78.3 Å². The van der Waals surface area contributed by atoms with Crippen molar-refractivity contribution in [3.63, 3.8) is 0 Å². The SMILES string of the molecule is CC(=O)CCC/C(C)=C/n1cncc1C(C)=O.CCCC(CCC)C(=O)c1ccc(OC)c(F)c1. The van der Waals surface area contributed by atoms with Crippen molar-refractivity contribution in [2.24, 2.45) is 5.92 Å². The van der Waals surface area contributed by atoms with Crippen LogP contribution in [0.25, 0.3) is 6.20 Å². The highest BCUT2D eigenvalue weighted by Crippen LogP contribution is 2.23. The number of nitrogens with zero attached hydrogens (tertiary/aromatic N) is 2. The number of hydrogen-bond donors (Lipinski definition) is 0. The average molecular weight is 487 g/mol. The minimum Gasteiger partial charge on any atom is -0.494 e. The first kappa shape index (κ1) is 29.9. The summed E-state index contributed by atoms with van der Waals surface area (Å²) in [4.78, 5) is 38.3. The molecule has 0 N–H and O–H groups in total. The number of imidazole rings is 1. The molecule has 0 radical (unpaired) electrons. The Labute approximate surface area is 208 Å². The second kappa shape index (κ2) is 15.7. The first-order valence-electron chi connectivity index (χ1n) is 12.2. The number of allylic oxidation sites excluding steroid dienone is 1. The molecule has 1 aromatic heterocycles. The second-order valence-electron chi connectivity index (χ2n) is 8.76. The number of benzene rings is 1. The number of carbonyl (C=O) groups excluding carboxylic acids is 3. The van der Waals surface area contributed by atoms with Crippen molar-refractivity contribution < 1.29 is 23.5 Å². The van der Waals surface area contributed by atoms with E-state index in [1.807, 2.05) is 13.1 Å². The fourth-order valence-corrected chi connectivity index (χ4v) is 3.76. The lowest BCUT2D eigenvalue weighted by molar-refractivity contribution is -0.117. The van der Waals surface area contributed by atoms with Gasteiger partial charge in [0.2, 0.25) is 0 Å². The molecule has 2 aromatic rings. The Morgan fingerprint density at radius 2 is 1.74 bits per heavy atom. The van der Waals surface area contributed by atoms with Gasteiger partial charge in [0.1, 0.15) is 11.5 Å². The van der Waals surface area contributed by atoms with E-state index in [9.17, 15) is 18.8 Å². The largest absolute Gasteiger partial charge is 0.494 e. The summed E-state index contributed by atoms with van der Waals surface area (Å²) in [5, 5.41) is 0. The van der Waals surface area contributed by atoms with Crippen LogP contribution in [-0.2, 0) is 4.79 Å². The lowest BCUT2D eigenvalue weighted by Crippen LogP contribution is -2.15. The lowest BCUT2D eigenvalue weighted by atomic mass is 9.90. The average Bonchev–Trinajstić information content (AvgIpc) is 3.27. The fraction of sp³-hybridized carbons (Fsp3) is 0.500. The summed E-state index contributed by atoms with van der Waals surface area (Å²) in [6, 6.07) is 4.43. The number of halogens is 1. The highest BCUT2D eigenvalue weighted by molar-refractivity contribution is 5.98. The zero-order valence-corrected chi connectivity index (χ0v) is 21.9. The number of carbonyl (C=O) groups is 3. The van der Waals surface area contributed by atoms with E-state index < -0.39 is 5.82 Å². The molecular weight excluding hydrogens is 447 g/mol. The molecule has 2 rings (SSSR count). The van der Waals surface area contributed by atoms with Crippen molar-refractivity contribution in [2.45, 2.75) is 79.6 Å². The zero-order valence-electron chi connectivity index (χ0n) is 21.9. The van der Waals surface area contributed by atoms with Crippen molar-refractivity contribution in [3.05, 3.63) is 53.4 Å². The molecule has 0 aliphatic heterocycles. The standard InChI is InChI=1S/C15H21FO2.C13H18N2O2/c1-4-6-11(7-5-2)15(17)12-8-9-14(18-3)13(16)10-12;1-10(5-4-6-11(2)16)8-15-9-14-7-13(15)12(3)17/h8-11H,4-7H2,1-3H3;7-9H,4-6H2,1-3H3/b;10-8+. The van der Waals surface area contributed by atoms with Gasteiger partial charge in [-0.25, -0.2) is 9.37 Å². The Bertz CT molecular complexity index is 1000. The van der Waals surface area contributed by atoms with E-state index in [-0.39, 0.29) is 29.0 Å².